The van der Waals surface area contributed by atoms with Crippen LogP contribution in [-0.4, -0.2) is 81.4 Å². The van der Waals surface area contributed by atoms with E-state index in [1.54, 1.807) is 0 Å². The summed E-state index contributed by atoms with van der Waals surface area (Å²) in [5.74, 6) is 0. The zero-order valence-corrected chi connectivity index (χ0v) is 19.3. The van der Waals surface area contributed by atoms with Crippen LogP contribution in [0.15, 0.2) is 24.3 Å². The van der Waals surface area contributed by atoms with Gasteiger partial charge < -0.3 is 20.4 Å². The van der Waals surface area contributed by atoms with Crippen LogP contribution in [-0.2, 0) is 13.1 Å². The average molecular weight is 405 g/mol. The maximum Gasteiger partial charge on any atom is 0.104 e. The van der Waals surface area contributed by atoms with Crippen LogP contribution < -0.4 is 16.0 Å². The van der Waals surface area contributed by atoms with Gasteiger partial charge in [0.15, 0.2) is 0 Å². The maximum absolute atomic E-state index is 3.61. The molecular formula is C24H46N5+. The highest BCUT2D eigenvalue weighted by Crippen LogP contribution is 2.16. The van der Waals surface area contributed by atoms with Crippen molar-refractivity contribution < 1.29 is 4.48 Å². The van der Waals surface area contributed by atoms with Crippen LogP contribution in [0.1, 0.15) is 44.7 Å². The highest BCUT2D eigenvalue weighted by Gasteiger charge is 2.21. The highest BCUT2D eigenvalue weighted by molar-refractivity contribution is 5.22. The van der Waals surface area contributed by atoms with Gasteiger partial charge in [-0.3, -0.25) is 4.90 Å². The fourth-order valence-electron chi connectivity index (χ4n) is 4.23. The van der Waals surface area contributed by atoms with Gasteiger partial charge in [-0.15, -0.1) is 0 Å². The largest absolute Gasteiger partial charge is 0.321 e. The monoisotopic (exact) mass is 404 g/mol. The first-order chi connectivity index (χ1) is 14.2. The van der Waals surface area contributed by atoms with Gasteiger partial charge in [0.2, 0.25) is 0 Å². The molecule has 2 rings (SSSR count). The predicted molar refractivity (Wildman–Crippen MR) is 125 cm³/mol. The van der Waals surface area contributed by atoms with Gasteiger partial charge in [0.05, 0.1) is 19.6 Å². The Labute approximate surface area is 179 Å². The summed E-state index contributed by atoms with van der Waals surface area (Å²) in [5.41, 5.74) is 2.91. The van der Waals surface area contributed by atoms with Crippen LogP contribution in [0.25, 0.3) is 0 Å². The van der Waals surface area contributed by atoms with Gasteiger partial charge >= 0.3 is 0 Å². The van der Waals surface area contributed by atoms with Gasteiger partial charge in [0.25, 0.3) is 0 Å². The van der Waals surface area contributed by atoms with E-state index in [1.165, 1.54) is 48.1 Å². The number of benzene rings is 1. The Hall–Kier alpha value is -0.980. The molecule has 0 radical (unpaired) electrons. The molecule has 1 saturated heterocycles. The lowest BCUT2D eigenvalue weighted by molar-refractivity contribution is -0.936. The topological polar surface area (TPSA) is 39.3 Å². The molecule has 0 saturated carbocycles. The molecule has 1 fully saturated rings. The lowest BCUT2D eigenvalue weighted by Crippen LogP contribution is -2.46. The van der Waals surface area contributed by atoms with E-state index in [2.05, 4.69) is 65.9 Å². The van der Waals surface area contributed by atoms with E-state index in [9.17, 15) is 0 Å². The van der Waals surface area contributed by atoms with Gasteiger partial charge in [-0.2, -0.15) is 0 Å². The van der Waals surface area contributed by atoms with Gasteiger partial charge in [0.1, 0.15) is 6.54 Å². The number of quaternary nitrogens is 1. The first kappa shape index (κ1) is 24.3. The molecule has 29 heavy (non-hydrogen) atoms. The number of rotatable bonds is 7. The third-order valence-electron chi connectivity index (χ3n) is 6.58. The summed E-state index contributed by atoms with van der Waals surface area (Å²) in [6.07, 6.45) is 2.41. The minimum atomic E-state index is 1.05. The number of hydrogen-bond acceptors (Lipinski definition) is 4. The number of nitrogens with zero attached hydrogens (tertiary/aromatic N) is 2. The molecule has 1 aromatic rings. The summed E-state index contributed by atoms with van der Waals surface area (Å²) in [4.78, 5) is 2.61. The molecule has 0 spiro atoms. The molecule has 0 unspecified atom stereocenters. The molecule has 1 aliphatic heterocycles. The van der Waals surface area contributed by atoms with E-state index >= 15 is 0 Å². The van der Waals surface area contributed by atoms with Crippen LogP contribution >= 0.6 is 0 Å². The van der Waals surface area contributed by atoms with E-state index in [4.69, 9.17) is 0 Å². The van der Waals surface area contributed by atoms with Crippen molar-refractivity contribution in [2.24, 2.45) is 0 Å². The van der Waals surface area contributed by atoms with Crippen LogP contribution in [0.5, 0.6) is 0 Å². The van der Waals surface area contributed by atoms with Crippen molar-refractivity contribution in [3.05, 3.63) is 35.4 Å². The lowest BCUT2D eigenvalue weighted by atomic mass is 10.1. The van der Waals surface area contributed by atoms with E-state index in [0.29, 0.717) is 0 Å². The minimum Gasteiger partial charge on any atom is -0.321 e. The third-order valence-corrected chi connectivity index (χ3v) is 6.58. The Balaban J connectivity index is 1.89. The first-order valence-electron chi connectivity index (χ1n) is 12.0. The van der Waals surface area contributed by atoms with Gasteiger partial charge in [-0.1, -0.05) is 24.3 Å². The summed E-state index contributed by atoms with van der Waals surface area (Å²) in [5, 5.41) is 10.7. The summed E-state index contributed by atoms with van der Waals surface area (Å²) in [6, 6.07) is 9.43. The Morgan fingerprint density at radius 1 is 0.690 bits per heavy atom. The minimum absolute atomic E-state index is 1.05. The second kappa shape index (κ2) is 14.1. The van der Waals surface area contributed by atoms with Crippen molar-refractivity contribution >= 4 is 0 Å². The summed E-state index contributed by atoms with van der Waals surface area (Å²) in [7, 11) is 0. The molecule has 5 heteroatoms. The van der Waals surface area contributed by atoms with Crippen molar-refractivity contribution in [3.63, 3.8) is 0 Å². The zero-order chi connectivity index (χ0) is 20.8. The molecular weight excluding hydrogens is 358 g/mol. The zero-order valence-electron chi connectivity index (χ0n) is 19.3. The van der Waals surface area contributed by atoms with E-state index in [1.807, 2.05) is 0 Å². The number of hydrogen-bond donors (Lipinski definition) is 3. The fourth-order valence-corrected chi connectivity index (χ4v) is 4.23. The summed E-state index contributed by atoms with van der Waals surface area (Å²) >= 11 is 0. The van der Waals surface area contributed by atoms with Crippen LogP contribution in [0.4, 0.5) is 0 Å². The third kappa shape index (κ3) is 9.14. The normalized spacial score (nSPS) is 19.0. The second-order valence-electron chi connectivity index (χ2n) is 8.50. The van der Waals surface area contributed by atoms with Crippen LogP contribution in [0.3, 0.4) is 0 Å². The molecule has 0 aromatic heterocycles. The van der Waals surface area contributed by atoms with Gasteiger partial charge in [-0.25, -0.2) is 0 Å². The Bertz CT molecular complexity index is 504. The standard InChI is InChI=1S/C24H46N5/c1-4-29(5-2,6-3)22-24-11-9-23(10-12-24)21-28-19-8-15-26-17-16-25-13-7-14-27-18-20-28/h9-12,25-27H,4-8,13-22H2,1-3H3/q+1. The number of nitrogens with one attached hydrogen (secondary N) is 3. The molecule has 3 N–H and O–H groups in total. The Kier molecular flexibility index (Phi) is 11.8. The van der Waals surface area contributed by atoms with Crippen molar-refractivity contribution in [3.8, 4) is 0 Å². The molecule has 1 aromatic carbocycles. The smallest absolute Gasteiger partial charge is 0.104 e. The van der Waals surface area contributed by atoms with Crippen molar-refractivity contribution in [2.75, 3.05) is 72.0 Å². The predicted octanol–water partition coefficient (Wildman–Crippen LogP) is 2.43. The molecule has 0 atom stereocenters. The molecule has 1 aliphatic rings. The second-order valence-corrected chi connectivity index (χ2v) is 8.50. The molecule has 0 aliphatic carbocycles. The van der Waals surface area contributed by atoms with Crippen molar-refractivity contribution in [1.82, 2.24) is 20.9 Å². The average Bonchev–Trinajstić information content (AvgIpc) is 2.76. The van der Waals surface area contributed by atoms with Gasteiger partial charge in [0, 0.05) is 38.3 Å². The van der Waals surface area contributed by atoms with Crippen LogP contribution in [0, 0.1) is 0 Å². The van der Waals surface area contributed by atoms with E-state index in [0.717, 1.165) is 65.4 Å². The summed E-state index contributed by atoms with van der Waals surface area (Å²) in [6.45, 7) is 21.6. The molecule has 166 valence electrons. The van der Waals surface area contributed by atoms with Crippen molar-refractivity contribution in [2.45, 2.75) is 46.7 Å². The fraction of sp³-hybridized carbons (Fsp3) is 0.750. The quantitative estimate of drug-likeness (QED) is 0.611. The summed E-state index contributed by atoms with van der Waals surface area (Å²) < 4.78 is 1.18. The van der Waals surface area contributed by atoms with E-state index in [-0.39, 0.29) is 0 Å². The van der Waals surface area contributed by atoms with E-state index < -0.39 is 0 Å². The van der Waals surface area contributed by atoms with Crippen LogP contribution in [0.2, 0.25) is 0 Å². The molecule has 0 bridgehead atoms. The Morgan fingerprint density at radius 2 is 1.24 bits per heavy atom. The maximum atomic E-state index is 3.61. The van der Waals surface area contributed by atoms with Crippen molar-refractivity contribution in [1.29, 1.82) is 0 Å². The molecule has 5 nitrogen and oxygen atoms in total. The first-order valence-corrected chi connectivity index (χ1v) is 12.0. The SMILES string of the molecule is CC[N+](CC)(CC)Cc1ccc(CN2CCCNCCNCCCNCC2)cc1. The van der Waals surface area contributed by atoms with Gasteiger partial charge in [-0.05, 0) is 65.4 Å². The highest BCUT2D eigenvalue weighted by atomic mass is 15.3. The molecule has 1 heterocycles. The molecule has 0 amide bonds. The lowest BCUT2D eigenvalue weighted by Gasteiger charge is -2.36. The Morgan fingerprint density at radius 3 is 1.86 bits per heavy atom.